The Balaban J connectivity index is 1.56. The molecule has 172 valence electrons. The van der Waals surface area contributed by atoms with E-state index >= 15 is 0 Å². The summed E-state index contributed by atoms with van der Waals surface area (Å²) in [6.07, 6.45) is 0. The Bertz CT molecular complexity index is 1080. The molecule has 2 aromatic heterocycles. The van der Waals surface area contributed by atoms with Gasteiger partial charge >= 0.3 is 6.03 Å². The summed E-state index contributed by atoms with van der Waals surface area (Å²) < 4.78 is 1.92. The van der Waals surface area contributed by atoms with Gasteiger partial charge in [0.1, 0.15) is 5.69 Å². The van der Waals surface area contributed by atoms with Crippen molar-refractivity contribution >= 4 is 33.3 Å². The van der Waals surface area contributed by atoms with Crippen molar-refractivity contribution in [2.75, 3.05) is 36.4 Å². The predicted molar refractivity (Wildman–Crippen MR) is 132 cm³/mol. The lowest BCUT2D eigenvalue weighted by atomic mass is 10.1. The van der Waals surface area contributed by atoms with Crippen molar-refractivity contribution in [1.82, 2.24) is 24.8 Å². The molecule has 8 nitrogen and oxygen atoms in total. The van der Waals surface area contributed by atoms with Crippen molar-refractivity contribution in [3.63, 3.8) is 0 Å². The summed E-state index contributed by atoms with van der Waals surface area (Å²) in [6.45, 7) is 15.3. The fourth-order valence-electron chi connectivity index (χ4n) is 3.63. The monoisotopic (exact) mass is 455 g/mol. The van der Waals surface area contributed by atoms with E-state index in [9.17, 15) is 4.79 Å². The summed E-state index contributed by atoms with van der Waals surface area (Å²) in [7, 11) is 0. The Kier molecular flexibility index (Phi) is 5.79. The van der Waals surface area contributed by atoms with Gasteiger partial charge in [0.2, 0.25) is 10.1 Å². The van der Waals surface area contributed by atoms with Crippen LogP contribution in [0.4, 0.5) is 15.7 Å². The van der Waals surface area contributed by atoms with Crippen LogP contribution in [0.1, 0.15) is 41.5 Å². The van der Waals surface area contributed by atoms with E-state index in [4.69, 9.17) is 10.1 Å². The molecule has 1 aliphatic rings. The van der Waals surface area contributed by atoms with Crippen molar-refractivity contribution in [1.29, 1.82) is 0 Å². The van der Waals surface area contributed by atoms with Gasteiger partial charge in [-0.2, -0.15) is 4.52 Å². The number of piperazine rings is 1. The van der Waals surface area contributed by atoms with Crippen LogP contribution in [0, 0.1) is 0 Å². The molecule has 1 fully saturated rings. The molecule has 1 aliphatic heterocycles. The Morgan fingerprint density at radius 2 is 1.62 bits per heavy atom. The van der Waals surface area contributed by atoms with Crippen molar-refractivity contribution in [3.8, 4) is 11.3 Å². The second-order valence-corrected chi connectivity index (χ2v) is 11.2. The minimum atomic E-state index is -0.234. The summed E-state index contributed by atoms with van der Waals surface area (Å²) in [5, 5.41) is 12.5. The number of fused-ring (bicyclic) bond motifs is 1. The number of imidazole rings is 1. The predicted octanol–water partition coefficient (Wildman–Crippen LogP) is 4.30. The number of hydrogen-bond donors (Lipinski definition) is 2. The lowest BCUT2D eigenvalue weighted by Crippen LogP contribution is -2.55. The first-order valence-electron chi connectivity index (χ1n) is 11.1. The molecule has 0 unspecified atom stereocenters. The standard InChI is InChI=1S/C23H33N7OS/c1-22(2,3)25-18-17(16-10-8-7-9-11-16)24-20-30(18)27-21(32-20)29-14-12-28(13-15-29)19(31)26-23(4,5)6/h7-11,25H,12-15H2,1-6H3,(H,26,31). The van der Waals surface area contributed by atoms with Gasteiger partial charge in [-0.05, 0) is 41.5 Å². The molecule has 9 heteroatoms. The van der Waals surface area contributed by atoms with E-state index in [0.29, 0.717) is 13.1 Å². The fraction of sp³-hybridized carbons (Fsp3) is 0.522. The third kappa shape index (κ3) is 4.98. The maximum Gasteiger partial charge on any atom is 0.317 e. The van der Waals surface area contributed by atoms with Gasteiger partial charge in [-0.15, -0.1) is 5.10 Å². The number of anilines is 2. The Morgan fingerprint density at radius 1 is 0.969 bits per heavy atom. The van der Waals surface area contributed by atoms with E-state index in [-0.39, 0.29) is 17.1 Å². The van der Waals surface area contributed by atoms with Crippen LogP contribution in [-0.2, 0) is 0 Å². The molecule has 0 spiro atoms. The van der Waals surface area contributed by atoms with Gasteiger partial charge in [0.05, 0.1) is 0 Å². The van der Waals surface area contributed by atoms with Crippen LogP contribution in [0.3, 0.4) is 0 Å². The highest BCUT2D eigenvalue weighted by Gasteiger charge is 2.27. The number of hydrogen-bond acceptors (Lipinski definition) is 6. The molecule has 4 rings (SSSR count). The molecule has 0 radical (unpaired) electrons. The second kappa shape index (κ2) is 8.27. The number of nitrogens with zero attached hydrogens (tertiary/aromatic N) is 5. The smallest absolute Gasteiger partial charge is 0.317 e. The van der Waals surface area contributed by atoms with E-state index in [1.807, 2.05) is 48.4 Å². The number of carbonyl (C=O) groups excluding carboxylic acids is 1. The minimum absolute atomic E-state index is 0.00439. The summed E-state index contributed by atoms with van der Waals surface area (Å²) >= 11 is 1.59. The van der Waals surface area contributed by atoms with Gasteiger partial charge in [0, 0.05) is 42.8 Å². The van der Waals surface area contributed by atoms with E-state index in [2.05, 4.69) is 48.4 Å². The maximum atomic E-state index is 12.5. The van der Waals surface area contributed by atoms with Crippen LogP contribution in [-0.4, -0.2) is 62.8 Å². The highest BCUT2D eigenvalue weighted by Crippen LogP contribution is 2.34. The maximum absolute atomic E-state index is 12.5. The lowest BCUT2D eigenvalue weighted by Gasteiger charge is -2.36. The molecule has 0 bridgehead atoms. The molecule has 0 atom stereocenters. The fourth-order valence-corrected chi connectivity index (χ4v) is 4.58. The topological polar surface area (TPSA) is 77.8 Å². The highest BCUT2D eigenvalue weighted by atomic mass is 32.1. The number of rotatable bonds is 3. The van der Waals surface area contributed by atoms with E-state index in [1.54, 1.807) is 11.3 Å². The van der Waals surface area contributed by atoms with Gasteiger partial charge in [-0.1, -0.05) is 41.7 Å². The van der Waals surface area contributed by atoms with Crippen molar-refractivity contribution in [2.45, 2.75) is 52.6 Å². The van der Waals surface area contributed by atoms with E-state index in [1.165, 1.54) is 0 Å². The molecule has 2 amide bonds. The van der Waals surface area contributed by atoms with Crippen molar-refractivity contribution in [2.24, 2.45) is 0 Å². The Labute approximate surface area is 193 Å². The molecular formula is C23H33N7OS. The van der Waals surface area contributed by atoms with Crippen LogP contribution < -0.4 is 15.5 Å². The molecule has 1 aromatic carbocycles. The molecule has 3 aromatic rings. The summed E-state index contributed by atoms with van der Waals surface area (Å²) in [5.74, 6) is 0.907. The highest BCUT2D eigenvalue weighted by molar-refractivity contribution is 7.20. The first kappa shape index (κ1) is 22.4. The number of benzene rings is 1. The summed E-state index contributed by atoms with van der Waals surface area (Å²) in [4.78, 5) is 22.4. The molecule has 1 saturated heterocycles. The van der Waals surface area contributed by atoms with Gasteiger partial charge in [-0.3, -0.25) is 0 Å². The number of amides is 2. The van der Waals surface area contributed by atoms with Crippen LogP contribution in [0.2, 0.25) is 0 Å². The average Bonchev–Trinajstić information content (AvgIpc) is 3.26. The molecule has 32 heavy (non-hydrogen) atoms. The molecule has 0 saturated carbocycles. The number of urea groups is 1. The van der Waals surface area contributed by atoms with Crippen LogP contribution >= 0.6 is 11.3 Å². The number of nitrogens with one attached hydrogen (secondary N) is 2. The van der Waals surface area contributed by atoms with Crippen molar-refractivity contribution in [3.05, 3.63) is 30.3 Å². The zero-order chi connectivity index (χ0) is 23.1. The molecule has 3 heterocycles. The van der Waals surface area contributed by atoms with Crippen LogP contribution in [0.15, 0.2) is 30.3 Å². The zero-order valence-corrected chi connectivity index (χ0v) is 20.6. The Hall–Kier alpha value is -2.81. The van der Waals surface area contributed by atoms with Crippen LogP contribution in [0.25, 0.3) is 16.2 Å². The third-order valence-electron chi connectivity index (χ3n) is 5.05. The normalized spacial score (nSPS) is 15.3. The quantitative estimate of drug-likeness (QED) is 0.616. The minimum Gasteiger partial charge on any atom is -0.364 e. The van der Waals surface area contributed by atoms with Crippen molar-refractivity contribution < 1.29 is 4.79 Å². The molecular weight excluding hydrogens is 422 g/mol. The van der Waals surface area contributed by atoms with Gasteiger partial charge in [0.15, 0.2) is 5.82 Å². The molecule has 0 aliphatic carbocycles. The summed E-state index contributed by atoms with van der Waals surface area (Å²) in [6, 6.07) is 10.2. The van der Waals surface area contributed by atoms with Crippen LogP contribution in [0.5, 0.6) is 0 Å². The third-order valence-corrected chi connectivity index (χ3v) is 6.02. The molecule has 2 N–H and O–H groups in total. The number of aromatic nitrogens is 3. The largest absolute Gasteiger partial charge is 0.364 e. The average molecular weight is 456 g/mol. The van der Waals surface area contributed by atoms with E-state index in [0.717, 1.165) is 40.3 Å². The van der Waals surface area contributed by atoms with Gasteiger partial charge in [0.25, 0.3) is 0 Å². The second-order valence-electron chi connectivity index (χ2n) is 10.3. The SMILES string of the molecule is CC(C)(C)NC(=O)N1CCN(c2nn3c(NC(C)(C)C)c(-c4ccccc4)nc3s2)CC1. The lowest BCUT2D eigenvalue weighted by molar-refractivity contribution is 0.185. The van der Waals surface area contributed by atoms with E-state index < -0.39 is 0 Å². The van der Waals surface area contributed by atoms with Gasteiger partial charge < -0.3 is 20.4 Å². The van der Waals surface area contributed by atoms with Gasteiger partial charge in [-0.25, -0.2) is 9.78 Å². The first-order valence-corrected chi connectivity index (χ1v) is 11.9. The zero-order valence-electron chi connectivity index (χ0n) is 19.8. The Morgan fingerprint density at radius 3 is 2.22 bits per heavy atom. The number of carbonyl (C=O) groups is 1. The first-order chi connectivity index (χ1) is 15.0. The summed E-state index contributed by atoms with van der Waals surface area (Å²) in [5.41, 5.74) is 1.61.